The fraction of sp³-hybridized carbons (Fsp3) is 0.0500. The highest BCUT2D eigenvalue weighted by atomic mass is 16.5. The summed E-state index contributed by atoms with van der Waals surface area (Å²) in [6.45, 7) is 0.438. The summed E-state index contributed by atoms with van der Waals surface area (Å²) in [4.78, 5) is 11.2. The minimum absolute atomic E-state index is 0.246. The van der Waals surface area contributed by atoms with Crippen LogP contribution in [0.3, 0.4) is 0 Å². The minimum Gasteiger partial charge on any atom is -0.488 e. The number of hydrogen-bond acceptors (Lipinski definition) is 2. The van der Waals surface area contributed by atoms with Crippen LogP contribution in [-0.4, -0.2) is 11.1 Å². The van der Waals surface area contributed by atoms with Gasteiger partial charge in [-0.15, -0.1) is 0 Å². The van der Waals surface area contributed by atoms with Crippen LogP contribution in [0.1, 0.15) is 15.9 Å². The van der Waals surface area contributed by atoms with Crippen molar-refractivity contribution < 1.29 is 14.6 Å². The second-order valence-electron chi connectivity index (χ2n) is 5.16. The zero-order chi connectivity index (χ0) is 16.1. The summed E-state index contributed by atoms with van der Waals surface area (Å²) in [6, 6.07) is 24.5. The summed E-state index contributed by atoms with van der Waals surface area (Å²) in [5.41, 5.74) is 3.02. The molecule has 23 heavy (non-hydrogen) atoms. The van der Waals surface area contributed by atoms with E-state index in [2.05, 4.69) is 0 Å². The van der Waals surface area contributed by atoms with Gasteiger partial charge >= 0.3 is 5.97 Å². The van der Waals surface area contributed by atoms with Crippen LogP contribution >= 0.6 is 0 Å². The average molecular weight is 304 g/mol. The van der Waals surface area contributed by atoms with Crippen molar-refractivity contribution in [2.24, 2.45) is 0 Å². The molecule has 0 unspecified atom stereocenters. The number of rotatable bonds is 5. The maximum absolute atomic E-state index is 11.2. The Hall–Kier alpha value is -3.07. The number of aromatic carboxylic acids is 1. The monoisotopic (exact) mass is 304 g/mol. The molecular weight excluding hydrogens is 288 g/mol. The third-order valence-corrected chi connectivity index (χ3v) is 3.55. The van der Waals surface area contributed by atoms with Crippen LogP contribution in [0.25, 0.3) is 11.1 Å². The van der Waals surface area contributed by atoms with Gasteiger partial charge in [-0.1, -0.05) is 60.7 Å². The average Bonchev–Trinajstić information content (AvgIpc) is 2.61. The maximum atomic E-state index is 11.2. The Morgan fingerprint density at radius 3 is 2.17 bits per heavy atom. The molecule has 0 saturated heterocycles. The Labute approximate surface area is 134 Å². The topological polar surface area (TPSA) is 46.5 Å². The Balaban J connectivity index is 1.94. The molecule has 114 valence electrons. The molecule has 0 aliphatic heterocycles. The fourth-order valence-corrected chi connectivity index (χ4v) is 2.37. The Morgan fingerprint density at radius 2 is 1.52 bits per heavy atom. The first-order chi connectivity index (χ1) is 11.2. The van der Waals surface area contributed by atoms with E-state index in [-0.39, 0.29) is 5.56 Å². The molecule has 0 amide bonds. The zero-order valence-corrected chi connectivity index (χ0v) is 12.5. The molecule has 3 aromatic carbocycles. The van der Waals surface area contributed by atoms with Crippen LogP contribution in [0.15, 0.2) is 78.9 Å². The molecule has 3 rings (SSSR count). The highest BCUT2D eigenvalue weighted by Gasteiger charge is 2.11. The molecule has 1 N–H and O–H groups in total. The number of carboxylic acid groups (broad SMARTS) is 1. The molecule has 0 aliphatic carbocycles. The van der Waals surface area contributed by atoms with Crippen molar-refractivity contribution in [2.45, 2.75) is 6.61 Å². The second-order valence-corrected chi connectivity index (χ2v) is 5.16. The predicted molar refractivity (Wildman–Crippen MR) is 89.6 cm³/mol. The molecule has 0 bridgehead atoms. The summed E-state index contributed by atoms with van der Waals surface area (Å²) in [6.07, 6.45) is 0. The highest BCUT2D eigenvalue weighted by Crippen LogP contribution is 2.31. The largest absolute Gasteiger partial charge is 0.488 e. The molecule has 0 fully saturated rings. The third-order valence-electron chi connectivity index (χ3n) is 3.55. The number of carbonyl (C=O) groups is 1. The SMILES string of the molecule is O=C(O)c1ccc(OCc2ccccc2)c(-c2ccccc2)c1. The predicted octanol–water partition coefficient (Wildman–Crippen LogP) is 4.63. The van der Waals surface area contributed by atoms with E-state index < -0.39 is 5.97 Å². The number of hydrogen-bond donors (Lipinski definition) is 1. The van der Waals surface area contributed by atoms with Crippen molar-refractivity contribution in [3.63, 3.8) is 0 Å². The summed E-state index contributed by atoms with van der Waals surface area (Å²) >= 11 is 0. The van der Waals surface area contributed by atoms with Gasteiger partial charge < -0.3 is 9.84 Å². The van der Waals surface area contributed by atoms with Crippen molar-refractivity contribution >= 4 is 5.97 Å². The van der Waals surface area contributed by atoms with Crippen LogP contribution in [0.2, 0.25) is 0 Å². The molecule has 0 heterocycles. The van der Waals surface area contributed by atoms with Gasteiger partial charge in [0.2, 0.25) is 0 Å². The fourth-order valence-electron chi connectivity index (χ4n) is 2.37. The van der Waals surface area contributed by atoms with Crippen molar-refractivity contribution in [3.8, 4) is 16.9 Å². The summed E-state index contributed by atoms with van der Waals surface area (Å²) in [5.74, 6) is -0.276. The Bertz CT molecular complexity index is 796. The highest BCUT2D eigenvalue weighted by molar-refractivity contribution is 5.90. The van der Waals surface area contributed by atoms with Crippen LogP contribution in [0, 0.1) is 0 Å². The van der Waals surface area contributed by atoms with Gasteiger partial charge in [0.25, 0.3) is 0 Å². The van der Waals surface area contributed by atoms with E-state index in [0.29, 0.717) is 12.4 Å². The van der Waals surface area contributed by atoms with Gasteiger partial charge in [0.1, 0.15) is 12.4 Å². The minimum atomic E-state index is -0.947. The van der Waals surface area contributed by atoms with Crippen LogP contribution in [0.4, 0.5) is 0 Å². The number of carboxylic acids is 1. The van der Waals surface area contributed by atoms with Gasteiger partial charge in [-0.3, -0.25) is 0 Å². The van der Waals surface area contributed by atoms with Crippen molar-refractivity contribution in [2.75, 3.05) is 0 Å². The van der Waals surface area contributed by atoms with E-state index in [9.17, 15) is 9.90 Å². The van der Waals surface area contributed by atoms with E-state index in [0.717, 1.165) is 16.7 Å². The van der Waals surface area contributed by atoms with Gasteiger partial charge in [0.05, 0.1) is 5.56 Å². The first-order valence-corrected chi connectivity index (χ1v) is 7.33. The van der Waals surface area contributed by atoms with Gasteiger partial charge in [0, 0.05) is 5.56 Å². The first-order valence-electron chi connectivity index (χ1n) is 7.33. The molecule has 0 spiro atoms. The smallest absolute Gasteiger partial charge is 0.335 e. The maximum Gasteiger partial charge on any atom is 0.335 e. The lowest BCUT2D eigenvalue weighted by Crippen LogP contribution is -2.00. The lowest BCUT2D eigenvalue weighted by molar-refractivity contribution is 0.0697. The van der Waals surface area contributed by atoms with Crippen molar-refractivity contribution in [1.82, 2.24) is 0 Å². The Morgan fingerprint density at radius 1 is 0.870 bits per heavy atom. The Kier molecular flexibility index (Phi) is 4.39. The normalized spacial score (nSPS) is 10.3. The third kappa shape index (κ3) is 3.58. The quantitative estimate of drug-likeness (QED) is 0.747. The second kappa shape index (κ2) is 6.79. The lowest BCUT2D eigenvalue weighted by Gasteiger charge is -2.13. The molecule has 3 aromatic rings. The summed E-state index contributed by atoms with van der Waals surface area (Å²) in [7, 11) is 0. The molecule has 0 atom stereocenters. The summed E-state index contributed by atoms with van der Waals surface area (Å²) < 4.78 is 5.92. The first kappa shape index (κ1) is 14.9. The van der Waals surface area contributed by atoms with Crippen LogP contribution in [-0.2, 0) is 6.61 Å². The zero-order valence-electron chi connectivity index (χ0n) is 12.5. The van der Waals surface area contributed by atoms with E-state index in [1.165, 1.54) is 0 Å². The molecule has 3 nitrogen and oxygen atoms in total. The van der Waals surface area contributed by atoms with Crippen molar-refractivity contribution in [3.05, 3.63) is 90.0 Å². The molecule has 0 aliphatic rings. The van der Waals surface area contributed by atoms with E-state index >= 15 is 0 Å². The number of benzene rings is 3. The standard InChI is InChI=1S/C20H16O3/c21-20(22)17-11-12-19(23-14-15-7-3-1-4-8-15)18(13-17)16-9-5-2-6-10-16/h1-13H,14H2,(H,21,22). The molecule has 0 saturated carbocycles. The van der Waals surface area contributed by atoms with Crippen LogP contribution < -0.4 is 4.74 Å². The van der Waals surface area contributed by atoms with Gasteiger partial charge in [-0.2, -0.15) is 0 Å². The van der Waals surface area contributed by atoms with E-state index in [1.54, 1.807) is 18.2 Å². The van der Waals surface area contributed by atoms with Gasteiger partial charge in [-0.05, 0) is 29.3 Å². The van der Waals surface area contributed by atoms with Crippen molar-refractivity contribution in [1.29, 1.82) is 0 Å². The van der Waals surface area contributed by atoms with E-state index in [1.807, 2.05) is 60.7 Å². The van der Waals surface area contributed by atoms with Gasteiger partial charge in [-0.25, -0.2) is 4.79 Å². The van der Waals surface area contributed by atoms with Crippen LogP contribution in [0.5, 0.6) is 5.75 Å². The molecule has 0 aromatic heterocycles. The summed E-state index contributed by atoms with van der Waals surface area (Å²) in [5, 5.41) is 9.21. The van der Waals surface area contributed by atoms with E-state index in [4.69, 9.17) is 4.74 Å². The van der Waals surface area contributed by atoms with Gasteiger partial charge in [0.15, 0.2) is 0 Å². The molecule has 0 radical (unpaired) electrons. The number of ether oxygens (including phenoxy) is 1. The molecular formula is C20H16O3. The lowest BCUT2D eigenvalue weighted by atomic mass is 10.0. The molecule has 3 heteroatoms.